The number of benzene rings is 4. The van der Waals surface area contributed by atoms with Crippen LogP contribution in [0.25, 0.3) is 0 Å². The van der Waals surface area contributed by atoms with Gasteiger partial charge >= 0.3 is 0 Å². The maximum absolute atomic E-state index is 10.9. The minimum atomic E-state index is -0.451. The van der Waals surface area contributed by atoms with E-state index in [1.807, 2.05) is 0 Å². The fraction of sp³-hybridized carbons (Fsp3) is 0.235. The molecule has 48 heavy (non-hydrogen) atoms. The summed E-state index contributed by atoms with van der Waals surface area (Å²) in [6, 6.07) is 22.7. The molecular formula is C34H32N4O10. The van der Waals surface area contributed by atoms with Gasteiger partial charge in [0.25, 0.3) is 11.4 Å². The summed E-state index contributed by atoms with van der Waals surface area (Å²) in [5, 5.41) is 21.8. The zero-order valence-electron chi connectivity index (χ0n) is 25.8. The van der Waals surface area contributed by atoms with E-state index in [9.17, 15) is 20.2 Å². The van der Waals surface area contributed by atoms with E-state index in [-0.39, 0.29) is 51.0 Å². The first kappa shape index (κ1) is 33.5. The molecule has 0 radical (unpaired) electrons. The summed E-state index contributed by atoms with van der Waals surface area (Å²) in [4.78, 5) is 29.8. The molecule has 0 aromatic heterocycles. The second kappa shape index (κ2) is 17.2. The predicted molar refractivity (Wildman–Crippen MR) is 177 cm³/mol. The number of nitro benzene ring substituents is 2. The molecule has 1 aliphatic rings. The van der Waals surface area contributed by atoms with E-state index in [0.717, 1.165) is 0 Å². The van der Waals surface area contributed by atoms with Gasteiger partial charge in [0.15, 0.2) is 23.0 Å². The van der Waals surface area contributed by atoms with Gasteiger partial charge in [-0.1, -0.05) is 0 Å². The molecule has 0 bridgehead atoms. The van der Waals surface area contributed by atoms with Crippen molar-refractivity contribution in [1.29, 1.82) is 0 Å². The van der Waals surface area contributed by atoms with Crippen molar-refractivity contribution in [2.24, 2.45) is 9.98 Å². The number of nitro groups is 2. The average Bonchev–Trinajstić information content (AvgIpc) is 3.10. The number of nitrogens with zero attached hydrogens (tertiary/aromatic N) is 4. The summed E-state index contributed by atoms with van der Waals surface area (Å²) in [6.07, 6.45) is 3.22. The minimum Gasteiger partial charge on any atom is -0.487 e. The zero-order chi connectivity index (χ0) is 33.6. The third kappa shape index (κ3) is 10.1. The van der Waals surface area contributed by atoms with Crippen LogP contribution in [0.5, 0.6) is 23.0 Å². The summed E-state index contributed by atoms with van der Waals surface area (Å²) >= 11 is 0. The monoisotopic (exact) mass is 656 g/mol. The van der Waals surface area contributed by atoms with Crippen LogP contribution in [0.1, 0.15) is 11.1 Å². The molecule has 14 heteroatoms. The van der Waals surface area contributed by atoms with Gasteiger partial charge in [-0.3, -0.25) is 30.2 Å². The van der Waals surface area contributed by atoms with Crippen molar-refractivity contribution in [3.8, 4) is 23.0 Å². The van der Waals surface area contributed by atoms with Crippen molar-refractivity contribution in [3.05, 3.63) is 116 Å². The first-order valence-corrected chi connectivity index (χ1v) is 15.0. The van der Waals surface area contributed by atoms with E-state index in [2.05, 4.69) is 9.98 Å². The molecule has 0 saturated heterocycles. The first-order valence-electron chi connectivity index (χ1n) is 15.0. The van der Waals surface area contributed by atoms with Crippen molar-refractivity contribution < 1.29 is 38.3 Å². The molecule has 0 amide bonds. The summed E-state index contributed by atoms with van der Waals surface area (Å²) in [6.45, 7) is 2.21. The van der Waals surface area contributed by atoms with Gasteiger partial charge in [0.05, 0.1) is 47.6 Å². The Bertz CT molecular complexity index is 1620. The van der Waals surface area contributed by atoms with Crippen LogP contribution < -0.4 is 18.9 Å². The smallest absolute Gasteiger partial charge is 0.269 e. The van der Waals surface area contributed by atoms with Gasteiger partial charge in [0.2, 0.25) is 0 Å². The van der Waals surface area contributed by atoms with Crippen LogP contribution in [0.2, 0.25) is 0 Å². The Morgan fingerprint density at radius 2 is 0.833 bits per heavy atom. The number of hydrogen-bond donors (Lipinski definition) is 0. The molecule has 4 aromatic carbocycles. The van der Waals surface area contributed by atoms with Crippen molar-refractivity contribution in [2.75, 3.05) is 52.9 Å². The number of fused-ring (bicyclic) bond motifs is 2. The summed E-state index contributed by atoms with van der Waals surface area (Å²) in [5.41, 5.74) is 2.65. The lowest BCUT2D eigenvalue weighted by Gasteiger charge is -2.16. The highest BCUT2D eigenvalue weighted by Gasteiger charge is 2.11. The molecule has 1 heterocycles. The quantitative estimate of drug-likeness (QED) is 0.131. The van der Waals surface area contributed by atoms with Gasteiger partial charge in [0, 0.05) is 48.8 Å². The molecule has 0 unspecified atom stereocenters. The third-order valence-electron chi connectivity index (χ3n) is 6.73. The SMILES string of the molecule is O=[N+]([O-])c1ccc(C=Nc2ccc3c(c2)OCCOCCOc2cc(N=Cc4ccc([N+](=O)[O-])cc4)ccc2OCCOCCO3)cc1. The highest BCUT2D eigenvalue weighted by molar-refractivity contribution is 5.83. The van der Waals surface area contributed by atoms with E-state index < -0.39 is 9.85 Å². The molecule has 4 aromatic rings. The fourth-order valence-corrected chi connectivity index (χ4v) is 4.33. The van der Waals surface area contributed by atoms with Gasteiger partial charge in [-0.25, -0.2) is 0 Å². The lowest BCUT2D eigenvalue weighted by Crippen LogP contribution is -2.15. The number of hydrogen-bond acceptors (Lipinski definition) is 12. The molecule has 248 valence electrons. The van der Waals surface area contributed by atoms with E-state index >= 15 is 0 Å². The van der Waals surface area contributed by atoms with Gasteiger partial charge < -0.3 is 28.4 Å². The van der Waals surface area contributed by atoms with Crippen LogP contribution in [0.4, 0.5) is 22.7 Å². The highest BCUT2D eigenvalue weighted by Crippen LogP contribution is 2.33. The van der Waals surface area contributed by atoms with Crippen LogP contribution in [0.15, 0.2) is 94.9 Å². The average molecular weight is 657 g/mol. The molecule has 14 nitrogen and oxygen atoms in total. The largest absolute Gasteiger partial charge is 0.487 e. The van der Waals surface area contributed by atoms with E-state index in [0.29, 0.717) is 58.7 Å². The van der Waals surface area contributed by atoms with Crippen LogP contribution in [-0.2, 0) is 9.47 Å². The lowest BCUT2D eigenvalue weighted by molar-refractivity contribution is -0.385. The predicted octanol–water partition coefficient (Wildman–Crippen LogP) is 6.27. The molecule has 5 rings (SSSR count). The maximum atomic E-state index is 10.9. The lowest BCUT2D eigenvalue weighted by atomic mass is 10.2. The van der Waals surface area contributed by atoms with E-state index in [1.165, 1.54) is 24.3 Å². The van der Waals surface area contributed by atoms with E-state index in [4.69, 9.17) is 28.4 Å². The van der Waals surface area contributed by atoms with Gasteiger partial charge in [-0.05, 0) is 59.7 Å². The van der Waals surface area contributed by atoms with Gasteiger partial charge in [-0.15, -0.1) is 0 Å². The van der Waals surface area contributed by atoms with Crippen molar-refractivity contribution in [3.63, 3.8) is 0 Å². The Morgan fingerprint density at radius 1 is 0.479 bits per heavy atom. The Hall–Kier alpha value is -5.86. The number of non-ortho nitro benzene ring substituents is 2. The van der Waals surface area contributed by atoms with Crippen molar-refractivity contribution in [1.82, 2.24) is 0 Å². The normalized spacial score (nSPS) is 14.7. The number of ether oxygens (including phenoxy) is 6. The van der Waals surface area contributed by atoms with E-state index in [1.54, 1.807) is 73.1 Å². The fourth-order valence-electron chi connectivity index (χ4n) is 4.33. The van der Waals surface area contributed by atoms with Crippen LogP contribution in [0.3, 0.4) is 0 Å². The second-order valence-corrected chi connectivity index (χ2v) is 10.1. The Labute approximate surface area is 275 Å². The minimum absolute atomic E-state index is 0.00856. The van der Waals surface area contributed by atoms with Crippen molar-refractivity contribution >= 4 is 35.2 Å². The van der Waals surface area contributed by atoms with Gasteiger partial charge in [0.1, 0.15) is 26.4 Å². The molecular weight excluding hydrogens is 624 g/mol. The van der Waals surface area contributed by atoms with Crippen molar-refractivity contribution in [2.45, 2.75) is 0 Å². The molecule has 0 fully saturated rings. The first-order chi connectivity index (χ1) is 23.4. The number of rotatable bonds is 6. The summed E-state index contributed by atoms with van der Waals surface area (Å²) in [5.74, 6) is 2.01. The van der Waals surface area contributed by atoms with Crippen LogP contribution in [-0.4, -0.2) is 75.1 Å². The topological polar surface area (TPSA) is 166 Å². The van der Waals surface area contributed by atoms with Gasteiger partial charge in [-0.2, -0.15) is 0 Å². The summed E-state index contributed by atoms with van der Waals surface area (Å²) < 4.78 is 35.2. The molecule has 0 atom stereocenters. The molecule has 1 aliphatic heterocycles. The zero-order valence-corrected chi connectivity index (χ0v) is 25.8. The van der Waals surface area contributed by atoms with Crippen LogP contribution >= 0.6 is 0 Å². The Morgan fingerprint density at radius 3 is 1.19 bits per heavy atom. The molecule has 0 spiro atoms. The molecule has 0 aliphatic carbocycles. The maximum Gasteiger partial charge on any atom is 0.269 e. The molecule has 0 N–H and O–H groups in total. The Balaban J connectivity index is 1.19. The number of aliphatic imine (C=N–C) groups is 2. The Kier molecular flexibility index (Phi) is 12.0. The highest BCUT2D eigenvalue weighted by atomic mass is 16.6. The third-order valence-corrected chi connectivity index (χ3v) is 6.73. The standard InChI is InChI=1S/C34H32N4O10/c39-37(40)29-7-1-25(2-8-29)23-35-27-5-11-31-33(21-27)47-19-15-44-16-20-48-34-22-28(6-12-32(34)46-18-14-43-13-17-45-31)36-24-26-3-9-30(10-4-26)38(41)42/h1-12,21-24H,13-20H2. The second-order valence-electron chi connectivity index (χ2n) is 10.1. The summed E-state index contributed by atoms with van der Waals surface area (Å²) in [7, 11) is 0. The van der Waals surface area contributed by atoms with Crippen LogP contribution in [0, 0.1) is 20.2 Å². The molecule has 0 saturated carbocycles.